The Kier molecular flexibility index (Phi) is 6.71. The summed E-state index contributed by atoms with van der Waals surface area (Å²) in [5.74, 6) is 0. The molecule has 0 saturated carbocycles. The Morgan fingerprint density at radius 3 is 1.29 bits per heavy atom. The van der Waals surface area contributed by atoms with E-state index in [1.807, 2.05) is 0 Å². The lowest BCUT2D eigenvalue weighted by Gasteiger charge is -2.28. The molecule has 0 bridgehead atoms. The van der Waals surface area contributed by atoms with E-state index in [9.17, 15) is 0 Å². The first-order valence-electron chi connectivity index (χ1n) is 14.1. The molecule has 0 fully saturated rings. The number of fused-ring (bicyclic) bond motifs is 1. The number of pyridine rings is 1. The zero-order valence-electron chi connectivity index (χ0n) is 23.4. The van der Waals surface area contributed by atoms with Gasteiger partial charge in [-0.25, -0.2) is 4.98 Å². The minimum atomic E-state index is 0.950. The number of benzene rings is 5. The van der Waals surface area contributed by atoms with E-state index < -0.39 is 0 Å². The molecule has 0 spiro atoms. The van der Waals surface area contributed by atoms with Crippen LogP contribution in [0.1, 0.15) is 5.56 Å². The van der Waals surface area contributed by atoms with Gasteiger partial charge in [0, 0.05) is 52.1 Å². The zero-order chi connectivity index (χ0) is 28.3. The van der Waals surface area contributed by atoms with Crippen LogP contribution in [0.15, 0.2) is 164 Å². The number of aryl methyl sites for hydroxylation is 1. The molecular formula is C38H30N4. The van der Waals surface area contributed by atoms with Crippen molar-refractivity contribution in [2.75, 3.05) is 9.80 Å². The smallest absolute Gasteiger partial charge is 0.137 e. The molecule has 0 aliphatic heterocycles. The van der Waals surface area contributed by atoms with Crippen molar-refractivity contribution in [1.82, 2.24) is 9.38 Å². The molecule has 0 aliphatic rings. The quantitative estimate of drug-likeness (QED) is 0.200. The standard InChI is InChI=1S/C38H30N4/c1-29-17-26-38-39-37(28-40(38)27-29)30-18-20-34(21-19-30)42(33-15-9-4-10-16-33)36-24-22-35(23-25-36)41(31-11-5-2-6-12-31)32-13-7-3-8-14-32/h2-28H,1H3. The second kappa shape index (κ2) is 11.1. The van der Waals surface area contributed by atoms with Crippen molar-refractivity contribution in [3.8, 4) is 11.3 Å². The fraction of sp³-hybridized carbons (Fsp3) is 0.0263. The molecule has 0 N–H and O–H groups in total. The van der Waals surface area contributed by atoms with Crippen LogP contribution in [0, 0.1) is 6.92 Å². The van der Waals surface area contributed by atoms with Gasteiger partial charge >= 0.3 is 0 Å². The first kappa shape index (κ1) is 25.4. The Morgan fingerprint density at radius 1 is 0.429 bits per heavy atom. The van der Waals surface area contributed by atoms with Crippen molar-refractivity contribution in [3.63, 3.8) is 0 Å². The third-order valence-corrected chi connectivity index (χ3v) is 7.43. The molecule has 2 heterocycles. The van der Waals surface area contributed by atoms with Crippen molar-refractivity contribution >= 4 is 39.8 Å². The minimum Gasteiger partial charge on any atom is -0.311 e. The van der Waals surface area contributed by atoms with Crippen molar-refractivity contribution in [1.29, 1.82) is 0 Å². The second-order valence-electron chi connectivity index (χ2n) is 10.3. The van der Waals surface area contributed by atoms with Crippen LogP contribution in [-0.2, 0) is 0 Å². The minimum absolute atomic E-state index is 0.950. The van der Waals surface area contributed by atoms with E-state index in [1.54, 1.807) is 0 Å². The average Bonchev–Trinajstić information content (AvgIpc) is 3.47. The third-order valence-electron chi connectivity index (χ3n) is 7.43. The van der Waals surface area contributed by atoms with E-state index in [0.29, 0.717) is 0 Å². The lowest BCUT2D eigenvalue weighted by Crippen LogP contribution is -2.12. The molecule has 7 aromatic rings. The molecule has 0 aliphatic carbocycles. The lowest BCUT2D eigenvalue weighted by atomic mass is 10.1. The Labute approximate surface area is 246 Å². The van der Waals surface area contributed by atoms with E-state index in [1.165, 1.54) is 5.56 Å². The van der Waals surface area contributed by atoms with Crippen LogP contribution in [0.2, 0.25) is 0 Å². The second-order valence-corrected chi connectivity index (χ2v) is 10.3. The summed E-state index contributed by atoms with van der Waals surface area (Å²) < 4.78 is 2.09. The maximum atomic E-state index is 4.84. The Bertz CT molecular complexity index is 1870. The van der Waals surface area contributed by atoms with Crippen LogP contribution in [0.3, 0.4) is 0 Å². The normalized spacial score (nSPS) is 11.0. The first-order valence-corrected chi connectivity index (χ1v) is 14.1. The zero-order valence-corrected chi connectivity index (χ0v) is 23.4. The van der Waals surface area contributed by atoms with Crippen molar-refractivity contribution in [2.24, 2.45) is 0 Å². The summed E-state index contributed by atoms with van der Waals surface area (Å²) in [7, 11) is 0. The van der Waals surface area contributed by atoms with Gasteiger partial charge in [0.1, 0.15) is 5.65 Å². The summed E-state index contributed by atoms with van der Waals surface area (Å²) >= 11 is 0. The maximum absolute atomic E-state index is 4.84. The number of imidazole rings is 1. The van der Waals surface area contributed by atoms with Crippen molar-refractivity contribution < 1.29 is 0 Å². The van der Waals surface area contributed by atoms with Gasteiger partial charge in [0.2, 0.25) is 0 Å². The van der Waals surface area contributed by atoms with Crippen LogP contribution >= 0.6 is 0 Å². The largest absolute Gasteiger partial charge is 0.311 e. The number of nitrogens with zero attached hydrogens (tertiary/aromatic N) is 4. The number of hydrogen-bond acceptors (Lipinski definition) is 3. The number of hydrogen-bond donors (Lipinski definition) is 0. The number of para-hydroxylation sites is 3. The highest BCUT2D eigenvalue weighted by molar-refractivity contribution is 5.81. The van der Waals surface area contributed by atoms with E-state index in [4.69, 9.17) is 4.98 Å². The highest BCUT2D eigenvalue weighted by atomic mass is 15.2. The van der Waals surface area contributed by atoms with Crippen LogP contribution in [-0.4, -0.2) is 9.38 Å². The molecule has 0 radical (unpaired) electrons. The van der Waals surface area contributed by atoms with Gasteiger partial charge in [0.15, 0.2) is 0 Å². The molecule has 0 unspecified atom stereocenters. The molecule has 4 nitrogen and oxygen atoms in total. The molecule has 5 aromatic carbocycles. The molecule has 0 saturated heterocycles. The third kappa shape index (κ3) is 5.02. The molecule has 42 heavy (non-hydrogen) atoms. The van der Waals surface area contributed by atoms with Gasteiger partial charge < -0.3 is 14.2 Å². The van der Waals surface area contributed by atoms with Gasteiger partial charge in [-0.05, 0) is 91.3 Å². The molecule has 202 valence electrons. The van der Waals surface area contributed by atoms with Crippen LogP contribution in [0.4, 0.5) is 34.1 Å². The SMILES string of the molecule is Cc1ccc2nc(-c3ccc(N(c4ccccc4)c4ccc(N(c5ccccc5)c5ccccc5)cc4)cc3)cn2c1. The summed E-state index contributed by atoms with van der Waals surface area (Å²) in [6.45, 7) is 2.10. The molecular weight excluding hydrogens is 512 g/mol. The van der Waals surface area contributed by atoms with E-state index in [2.05, 4.69) is 185 Å². The Hall–Kier alpha value is -5.61. The van der Waals surface area contributed by atoms with Crippen molar-refractivity contribution in [3.05, 3.63) is 170 Å². The molecule has 0 amide bonds. The number of rotatable bonds is 7. The predicted molar refractivity (Wildman–Crippen MR) is 175 cm³/mol. The highest BCUT2D eigenvalue weighted by Crippen LogP contribution is 2.39. The van der Waals surface area contributed by atoms with E-state index >= 15 is 0 Å². The van der Waals surface area contributed by atoms with E-state index in [0.717, 1.165) is 51.0 Å². The maximum Gasteiger partial charge on any atom is 0.137 e. The molecule has 4 heteroatoms. The molecule has 2 aromatic heterocycles. The van der Waals surface area contributed by atoms with Gasteiger partial charge in [0.25, 0.3) is 0 Å². The summed E-state index contributed by atoms with van der Waals surface area (Å²) in [6.07, 6.45) is 4.20. The topological polar surface area (TPSA) is 23.8 Å². The summed E-state index contributed by atoms with van der Waals surface area (Å²) in [4.78, 5) is 9.40. The number of anilines is 6. The van der Waals surface area contributed by atoms with Gasteiger partial charge in [-0.2, -0.15) is 0 Å². The van der Waals surface area contributed by atoms with Crippen molar-refractivity contribution in [2.45, 2.75) is 6.92 Å². The van der Waals surface area contributed by atoms with E-state index in [-0.39, 0.29) is 0 Å². The lowest BCUT2D eigenvalue weighted by molar-refractivity contribution is 1.16. The Morgan fingerprint density at radius 2 is 0.833 bits per heavy atom. The fourth-order valence-corrected chi connectivity index (χ4v) is 5.40. The van der Waals surface area contributed by atoms with Gasteiger partial charge in [-0.1, -0.05) is 72.8 Å². The van der Waals surface area contributed by atoms with Crippen LogP contribution in [0.25, 0.3) is 16.9 Å². The summed E-state index contributed by atoms with van der Waals surface area (Å²) in [5.41, 5.74) is 10.8. The van der Waals surface area contributed by atoms with Crippen LogP contribution < -0.4 is 9.80 Å². The monoisotopic (exact) mass is 542 g/mol. The van der Waals surface area contributed by atoms with Crippen LogP contribution in [0.5, 0.6) is 0 Å². The van der Waals surface area contributed by atoms with Gasteiger partial charge in [-0.3, -0.25) is 0 Å². The molecule has 0 atom stereocenters. The molecule has 7 rings (SSSR count). The van der Waals surface area contributed by atoms with Gasteiger partial charge in [0.05, 0.1) is 5.69 Å². The first-order chi connectivity index (χ1) is 20.7. The highest BCUT2D eigenvalue weighted by Gasteiger charge is 2.16. The van der Waals surface area contributed by atoms with Gasteiger partial charge in [-0.15, -0.1) is 0 Å². The Balaban J connectivity index is 1.25. The summed E-state index contributed by atoms with van der Waals surface area (Å²) in [6, 6.07) is 53.1. The summed E-state index contributed by atoms with van der Waals surface area (Å²) in [5, 5.41) is 0. The fourth-order valence-electron chi connectivity index (χ4n) is 5.40. The predicted octanol–water partition coefficient (Wildman–Crippen LogP) is 10.2. The number of aromatic nitrogens is 2. The average molecular weight is 543 g/mol.